The van der Waals surface area contributed by atoms with Crippen LogP contribution < -0.4 is 0 Å². The van der Waals surface area contributed by atoms with E-state index in [1.54, 1.807) is 41.5 Å². The lowest BCUT2D eigenvalue weighted by Crippen LogP contribution is -2.42. The number of nitro benzene ring substituents is 1. The van der Waals surface area contributed by atoms with Gasteiger partial charge in [-0.15, -0.1) is 0 Å². The third-order valence-corrected chi connectivity index (χ3v) is 6.77. The minimum absolute atomic E-state index is 0.0634. The highest BCUT2D eigenvalue weighted by Crippen LogP contribution is 2.24. The normalized spacial score (nSPS) is 16.8. The molecule has 11 heteroatoms. The topological polar surface area (TPSA) is 109 Å². The Balaban J connectivity index is 1.42. The van der Waals surface area contributed by atoms with Crippen molar-refractivity contribution in [2.24, 2.45) is 0 Å². The van der Waals surface area contributed by atoms with E-state index < -0.39 is 0 Å². The number of hydrogen-bond donors (Lipinski definition) is 0. The van der Waals surface area contributed by atoms with Gasteiger partial charge in [0.25, 0.3) is 5.69 Å². The molecule has 1 unspecified atom stereocenters. The predicted molar refractivity (Wildman–Crippen MR) is 142 cm³/mol. The molecule has 0 aliphatic carbocycles. The molecule has 0 radical (unpaired) electrons. The molecule has 0 spiro atoms. The second-order valence-corrected chi connectivity index (χ2v) is 9.30. The summed E-state index contributed by atoms with van der Waals surface area (Å²) in [6, 6.07) is 18.7. The zero-order valence-corrected chi connectivity index (χ0v) is 21.2. The second-order valence-electron chi connectivity index (χ2n) is 9.30. The number of nitrogens with zero attached hydrogens (tertiary/aromatic N) is 9. The number of hydrogen-bond acceptors (Lipinski definition) is 9. The molecule has 4 aromatic rings. The van der Waals surface area contributed by atoms with Gasteiger partial charge in [0.05, 0.1) is 28.7 Å². The van der Waals surface area contributed by atoms with Gasteiger partial charge in [0.15, 0.2) is 0 Å². The van der Waals surface area contributed by atoms with E-state index in [4.69, 9.17) is 0 Å². The van der Waals surface area contributed by atoms with Gasteiger partial charge in [0.2, 0.25) is 0 Å². The quantitative estimate of drug-likeness (QED) is 0.259. The lowest BCUT2D eigenvalue weighted by atomic mass is 10.1. The Labute approximate surface area is 221 Å². The van der Waals surface area contributed by atoms with Crippen LogP contribution in [0, 0.1) is 10.1 Å². The maximum absolute atomic E-state index is 11.3. The van der Waals surface area contributed by atoms with Gasteiger partial charge >= 0.3 is 0 Å². The molecule has 0 N–H and O–H groups in total. The van der Waals surface area contributed by atoms with Crippen molar-refractivity contribution in [2.45, 2.75) is 19.3 Å². The Morgan fingerprint density at radius 3 is 1.71 bits per heavy atom. The van der Waals surface area contributed by atoms with Gasteiger partial charge < -0.3 is 0 Å². The first-order valence-electron chi connectivity index (χ1n) is 12.7. The fourth-order valence-corrected chi connectivity index (χ4v) is 4.77. The van der Waals surface area contributed by atoms with Crippen molar-refractivity contribution < 1.29 is 4.92 Å². The summed E-state index contributed by atoms with van der Waals surface area (Å²) in [5.74, 6) is 0. The van der Waals surface area contributed by atoms with Crippen molar-refractivity contribution in [3.05, 3.63) is 113 Å². The van der Waals surface area contributed by atoms with Gasteiger partial charge in [-0.25, -0.2) is 0 Å². The summed E-state index contributed by atoms with van der Waals surface area (Å²) in [6.07, 6.45) is 6.70. The molecule has 4 heterocycles. The fourth-order valence-electron chi connectivity index (χ4n) is 4.77. The molecule has 11 nitrogen and oxygen atoms in total. The molecule has 1 saturated heterocycles. The number of pyridine rings is 2. The summed E-state index contributed by atoms with van der Waals surface area (Å²) < 4.78 is 0. The van der Waals surface area contributed by atoms with Crippen molar-refractivity contribution in [3.8, 4) is 0 Å². The van der Waals surface area contributed by atoms with E-state index in [1.807, 2.05) is 36.7 Å². The monoisotopic (exact) mass is 513 g/mol. The van der Waals surface area contributed by atoms with Crippen molar-refractivity contribution in [1.82, 2.24) is 39.7 Å². The molecule has 1 aliphatic rings. The van der Waals surface area contributed by atoms with Crippen LogP contribution in [-0.2, 0) is 13.1 Å². The number of aromatic nitrogens is 5. The average molecular weight is 514 g/mol. The van der Waals surface area contributed by atoms with Crippen LogP contribution in [0.4, 0.5) is 5.69 Å². The second kappa shape index (κ2) is 12.5. The Morgan fingerprint density at radius 1 is 0.711 bits per heavy atom. The highest BCUT2D eigenvalue weighted by molar-refractivity contribution is 5.34. The van der Waals surface area contributed by atoms with Gasteiger partial charge in [-0.3, -0.25) is 34.8 Å². The standard InChI is InChI=1S/C27H31N9O2/c37-36(38)26-9-7-23(8-10-26)27(35-30-13-14-31-35)34-19-17-32(21-24-5-1-3-11-28-24)15-16-33(18-20-34)22-25-6-2-4-12-29-25/h1-14,27H,15-22H2. The van der Waals surface area contributed by atoms with Crippen LogP contribution in [0.3, 0.4) is 0 Å². The van der Waals surface area contributed by atoms with Crippen molar-refractivity contribution >= 4 is 5.69 Å². The molecule has 0 amide bonds. The van der Waals surface area contributed by atoms with E-state index in [1.165, 1.54) is 0 Å². The Kier molecular flexibility index (Phi) is 8.39. The smallest absolute Gasteiger partial charge is 0.269 e. The molecule has 0 bridgehead atoms. The first-order chi connectivity index (χ1) is 18.7. The van der Waals surface area contributed by atoms with Crippen LogP contribution in [0.25, 0.3) is 0 Å². The Morgan fingerprint density at radius 2 is 1.24 bits per heavy atom. The highest BCUT2D eigenvalue weighted by Gasteiger charge is 2.27. The SMILES string of the molecule is O=[N+]([O-])c1ccc(C(N2CCN(Cc3ccccn3)CCN(Cc3ccccn3)CC2)n2nccn2)cc1. The molecule has 5 rings (SSSR count). The van der Waals surface area contributed by atoms with Gasteiger partial charge in [-0.1, -0.05) is 12.1 Å². The predicted octanol–water partition coefficient (Wildman–Crippen LogP) is 2.84. The first kappa shape index (κ1) is 25.6. The third kappa shape index (κ3) is 6.62. The minimum Gasteiger partial charge on any atom is -0.295 e. The fraction of sp³-hybridized carbons (Fsp3) is 0.333. The zero-order valence-electron chi connectivity index (χ0n) is 21.2. The first-order valence-corrected chi connectivity index (χ1v) is 12.7. The maximum Gasteiger partial charge on any atom is 0.269 e. The van der Waals surface area contributed by atoms with Gasteiger partial charge in [-0.05, 0) is 42.0 Å². The maximum atomic E-state index is 11.3. The summed E-state index contributed by atoms with van der Waals surface area (Å²) in [7, 11) is 0. The van der Waals surface area contributed by atoms with Gasteiger partial charge in [-0.2, -0.15) is 15.0 Å². The summed E-state index contributed by atoms with van der Waals surface area (Å²) >= 11 is 0. The van der Waals surface area contributed by atoms with E-state index >= 15 is 0 Å². The average Bonchev–Trinajstić information content (AvgIpc) is 3.50. The molecular formula is C27H31N9O2. The number of rotatable bonds is 8. The molecule has 0 saturated carbocycles. The number of nitro groups is 1. The lowest BCUT2D eigenvalue weighted by Gasteiger charge is -2.32. The number of benzene rings is 1. The van der Waals surface area contributed by atoms with Crippen LogP contribution in [0.15, 0.2) is 85.5 Å². The molecule has 38 heavy (non-hydrogen) atoms. The highest BCUT2D eigenvalue weighted by atomic mass is 16.6. The zero-order chi connectivity index (χ0) is 26.2. The van der Waals surface area contributed by atoms with Crippen molar-refractivity contribution in [3.63, 3.8) is 0 Å². The molecule has 196 valence electrons. The van der Waals surface area contributed by atoms with E-state index in [0.717, 1.165) is 69.3 Å². The lowest BCUT2D eigenvalue weighted by molar-refractivity contribution is -0.384. The third-order valence-electron chi connectivity index (χ3n) is 6.77. The van der Waals surface area contributed by atoms with E-state index in [0.29, 0.717) is 0 Å². The molecule has 1 aromatic carbocycles. The van der Waals surface area contributed by atoms with E-state index in [2.05, 4.69) is 47.0 Å². The van der Waals surface area contributed by atoms with Crippen molar-refractivity contribution in [2.75, 3.05) is 39.3 Å². The Hall–Kier alpha value is -4.06. The van der Waals surface area contributed by atoms with Gasteiger partial charge in [0, 0.05) is 76.9 Å². The molecular weight excluding hydrogens is 482 g/mol. The van der Waals surface area contributed by atoms with Crippen LogP contribution in [0.2, 0.25) is 0 Å². The van der Waals surface area contributed by atoms with Crippen LogP contribution in [-0.4, -0.2) is 83.9 Å². The van der Waals surface area contributed by atoms with E-state index in [9.17, 15) is 10.1 Å². The summed E-state index contributed by atoms with van der Waals surface area (Å²) in [5.41, 5.74) is 3.04. The molecule has 1 fully saturated rings. The summed E-state index contributed by atoms with van der Waals surface area (Å²) in [6.45, 7) is 6.53. The van der Waals surface area contributed by atoms with Gasteiger partial charge in [0.1, 0.15) is 6.17 Å². The van der Waals surface area contributed by atoms with Crippen LogP contribution in [0.1, 0.15) is 23.1 Å². The molecule has 1 aliphatic heterocycles. The summed E-state index contributed by atoms with van der Waals surface area (Å²) in [4.78, 5) is 28.8. The van der Waals surface area contributed by atoms with E-state index in [-0.39, 0.29) is 16.8 Å². The summed E-state index contributed by atoms with van der Waals surface area (Å²) in [5, 5.41) is 20.2. The minimum atomic E-state index is -0.379. The molecule has 3 aromatic heterocycles. The van der Waals surface area contributed by atoms with Crippen LogP contribution in [0.5, 0.6) is 0 Å². The Bertz CT molecular complexity index is 1220. The number of non-ortho nitro benzene ring substituents is 1. The van der Waals surface area contributed by atoms with Crippen molar-refractivity contribution in [1.29, 1.82) is 0 Å². The largest absolute Gasteiger partial charge is 0.295 e. The van der Waals surface area contributed by atoms with Crippen LogP contribution >= 0.6 is 0 Å². The molecule has 1 atom stereocenters.